The molecular weight excluding hydrogens is 708 g/mol. The van der Waals surface area contributed by atoms with Gasteiger partial charge in [0.1, 0.15) is 17.7 Å². The minimum Gasteiger partial charge on any atom is -0.506 e. The highest BCUT2D eigenvalue weighted by Gasteiger charge is 2.45. The number of benzene rings is 2. The maximum Gasteiger partial charge on any atom is 0.349 e. The quantitative estimate of drug-likeness (QED) is 0.0820. The smallest absolute Gasteiger partial charge is 0.349 e. The van der Waals surface area contributed by atoms with E-state index in [0.29, 0.717) is 45.7 Å². The third-order valence-corrected chi connectivity index (χ3v) is 11.5. The zero-order valence-corrected chi connectivity index (χ0v) is 30.1. The number of pyridine rings is 1. The van der Waals surface area contributed by atoms with E-state index in [-0.39, 0.29) is 60.1 Å². The van der Waals surface area contributed by atoms with E-state index >= 15 is 0 Å². The summed E-state index contributed by atoms with van der Waals surface area (Å²) >= 11 is 2.62. The first-order valence-corrected chi connectivity index (χ1v) is 18.8. The van der Waals surface area contributed by atoms with Crippen molar-refractivity contribution in [1.82, 2.24) is 15.2 Å². The highest BCUT2D eigenvalue weighted by atomic mass is 32.1. The predicted molar refractivity (Wildman–Crippen MR) is 199 cm³/mol. The molecule has 52 heavy (non-hydrogen) atoms. The molecule has 1 aliphatic carbocycles. The summed E-state index contributed by atoms with van der Waals surface area (Å²) in [7, 11) is 1.95. The molecule has 14 heteroatoms. The van der Waals surface area contributed by atoms with Gasteiger partial charge >= 0.3 is 5.97 Å². The van der Waals surface area contributed by atoms with Crippen molar-refractivity contribution >= 4 is 51.1 Å². The van der Waals surface area contributed by atoms with Crippen LogP contribution in [0.15, 0.2) is 82.3 Å². The number of aliphatic hydroxyl groups excluding tert-OH is 1. The molecule has 1 amide bonds. The molecule has 274 valence electrons. The zero-order chi connectivity index (χ0) is 36.8. The van der Waals surface area contributed by atoms with Crippen LogP contribution in [0.2, 0.25) is 0 Å². The number of phenols is 1. The number of nitrogens with one attached hydrogen (secondary N) is 3. The van der Waals surface area contributed by atoms with E-state index in [2.05, 4.69) is 20.5 Å². The number of aliphatic hydroxyl groups is 2. The number of hydrogen-bond acceptors (Lipinski definition) is 11. The number of rotatable bonds is 14. The van der Waals surface area contributed by atoms with E-state index in [0.717, 1.165) is 12.8 Å². The van der Waals surface area contributed by atoms with Gasteiger partial charge in [-0.15, -0.1) is 22.7 Å². The van der Waals surface area contributed by atoms with Gasteiger partial charge in [-0.05, 0) is 91.0 Å². The topological polar surface area (TPSA) is 164 Å². The molecule has 6 rings (SSSR count). The second-order valence-electron chi connectivity index (χ2n) is 13.0. The van der Waals surface area contributed by atoms with Crippen LogP contribution in [0.3, 0.4) is 0 Å². The predicted octanol–water partition coefficient (Wildman–Crippen LogP) is 5.37. The summed E-state index contributed by atoms with van der Waals surface area (Å²) in [5.41, 5.74) is -0.740. The highest BCUT2D eigenvalue weighted by molar-refractivity contribution is 7.12. The van der Waals surface area contributed by atoms with Crippen molar-refractivity contribution in [3.63, 3.8) is 0 Å². The van der Waals surface area contributed by atoms with Crippen LogP contribution in [0.4, 0.5) is 10.1 Å². The number of anilines is 1. The molecule has 0 bridgehead atoms. The minimum atomic E-state index is -1.83. The summed E-state index contributed by atoms with van der Waals surface area (Å²) in [6.45, 7) is 0.856. The molecule has 2 aromatic carbocycles. The van der Waals surface area contributed by atoms with Crippen LogP contribution in [-0.2, 0) is 26.5 Å². The molecule has 1 atom stereocenters. The fourth-order valence-electron chi connectivity index (χ4n) is 6.59. The maximum absolute atomic E-state index is 15.0. The average Bonchev–Trinajstić information content (AvgIpc) is 3.89. The van der Waals surface area contributed by atoms with Crippen molar-refractivity contribution in [2.75, 3.05) is 25.5 Å². The van der Waals surface area contributed by atoms with Gasteiger partial charge in [0.05, 0.1) is 27.1 Å². The number of phenolic OH excluding ortho intramolecular Hbond substituents is 1. The lowest BCUT2D eigenvalue weighted by molar-refractivity contribution is -0.169. The van der Waals surface area contributed by atoms with Crippen LogP contribution in [-0.4, -0.2) is 69.4 Å². The number of amides is 1. The van der Waals surface area contributed by atoms with Gasteiger partial charge in [-0.25, -0.2) is 9.18 Å². The third kappa shape index (κ3) is 8.44. The largest absolute Gasteiger partial charge is 0.506 e. The van der Waals surface area contributed by atoms with E-state index in [1.54, 1.807) is 42.5 Å². The van der Waals surface area contributed by atoms with Gasteiger partial charge < -0.3 is 40.6 Å². The summed E-state index contributed by atoms with van der Waals surface area (Å²) in [4.78, 5) is 43.5. The SMILES string of the molecule is CN(CCC(=O)Nc1ccc(CNC[C@@H](O)c2ccc(O)c3[nH]c(=O)ccc23)cc1F)C1CCC(OC(=O)C(O)(c2cccs2)c2cccs2)CC1. The number of hydrogen-bond donors (Lipinski definition) is 6. The van der Waals surface area contributed by atoms with Crippen molar-refractivity contribution < 1.29 is 34.0 Å². The number of aromatic hydroxyl groups is 1. The van der Waals surface area contributed by atoms with Crippen LogP contribution in [0.5, 0.6) is 5.75 Å². The van der Waals surface area contributed by atoms with Gasteiger partial charge in [0.25, 0.3) is 0 Å². The Morgan fingerprint density at radius 3 is 2.40 bits per heavy atom. The first-order valence-electron chi connectivity index (χ1n) is 17.1. The van der Waals surface area contributed by atoms with Crippen molar-refractivity contribution in [2.45, 2.75) is 62.5 Å². The number of halogens is 1. The Labute approximate surface area is 307 Å². The van der Waals surface area contributed by atoms with Crippen molar-refractivity contribution in [1.29, 1.82) is 0 Å². The molecule has 1 fully saturated rings. The first kappa shape index (κ1) is 37.3. The second-order valence-corrected chi connectivity index (χ2v) is 14.9. The molecule has 1 saturated carbocycles. The fraction of sp³-hybridized carbons (Fsp3) is 0.342. The van der Waals surface area contributed by atoms with E-state index < -0.39 is 23.5 Å². The Hall–Kier alpha value is -4.44. The van der Waals surface area contributed by atoms with Crippen molar-refractivity contribution in [3.05, 3.63) is 115 Å². The lowest BCUT2D eigenvalue weighted by atomic mass is 9.91. The standard InChI is InChI=1S/C38H41FN4O7S2/c1-43(24-7-9-25(10-8-24)50-37(48)38(49,32-4-2-18-51-32)33-5-3-19-52-33)17-16-35(47)41-29-13-6-23(20-28(29)39)21-40-22-31(45)26-11-14-30(44)36-27(26)12-15-34(46)42-36/h2-6,11-15,18-20,24-25,31,40,44-45,49H,7-10,16-17,21-22H2,1H3,(H,41,47)(H,42,46)/t24?,25?,31-/m1/s1. The van der Waals surface area contributed by atoms with Crippen LogP contribution >= 0.6 is 22.7 Å². The summed E-state index contributed by atoms with van der Waals surface area (Å²) in [5, 5.41) is 42.3. The Kier molecular flexibility index (Phi) is 11.8. The number of aromatic nitrogens is 1. The summed E-state index contributed by atoms with van der Waals surface area (Å²) in [6.07, 6.45) is 1.70. The van der Waals surface area contributed by atoms with E-state index in [4.69, 9.17) is 4.74 Å². The third-order valence-electron chi connectivity index (χ3n) is 9.52. The Balaban J connectivity index is 0.928. The van der Waals surface area contributed by atoms with Crippen LogP contribution in [0, 0.1) is 5.82 Å². The molecule has 5 aromatic rings. The molecule has 3 aromatic heterocycles. The molecular formula is C38H41FN4O7S2. The van der Waals surface area contributed by atoms with Gasteiger partial charge in [-0.3, -0.25) is 9.59 Å². The molecule has 0 spiro atoms. The Morgan fingerprint density at radius 1 is 1.04 bits per heavy atom. The number of aromatic amines is 1. The number of carbonyl (C=O) groups excluding carboxylic acids is 2. The normalized spacial score (nSPS) is 16.9. The molecule has 3 heterocycles. The zero-order valence-electron chi connectivity index (χ0n) is 28.5. The first-order chi connectivity index (χ1) is 25.0. The highest BCUT2D eigenvalue weighted by Crippen LogP contribution is 2.38. The molecule has 11 nitrogen and oxygen atoms in total. The molecule has 6 N–H and O–H groups in total. The monoisotopic (exact) mass is 748 g/mol. The average molecular weight is 749 g/mol. The van der Waals surface area contributed by atoms with E-state index in [9.17, 15) is 34.1 Å². The second kappa shape index (κ2) is 16.5. The lowest BCUT2D eigenvalue weighted by Crippen LogP contribution is -2.42. The number of H-pyrrole nitrogens is 1. The maximum atomic E-state index is 15.0. The minimum absolute atomic E-state index is 0.0772. The fourth-order valence-corrected chi connectivity index (χ4v) is 8.30. The van der Waals surface area contributed by atoms with Crippen LogP contribution < -0.4 is 16.2 Å². The number of ether oxygens (including phenoxy) is 1. The summed E-state index contributed by atoms with van der Waals surface area (Å²) in [6, 6.07) is 17.6. The lowest BCUT2D eigenvalue weighted by Gasteiger charge is -2.35. The van der Waals surface area contributed by atoms with Crippen LogP contribution in [0.1, 0.15) is 59.1 Å². The molecule has 1 aliphatic rings. The number of thiophene rings is 2. The van der Waals surface area contributed by atoms with E-state index in [1.807, 2.05) is 17.8 Å². The molecule has 0 aliphatic heterocycles. The van der Waals surface area contributed by atoms with Gasteiger partial charge in [0, 0.05) is 43.5 Å². The van der Waals surface area contributed by atoms with Gasteiger partial charge in [-0.2, -0.15) is 0 Å². The molecule has 0 saturated heterocycles. The molecule has 0 unspecified atom stereocenters. The van der Waals surface area contributed by atoms with Crippen molar-refractivity contribution in [2.24, 2.45) is 0 Å². The van der Waals surface area contributed by atoms with Gasteiger partial charge in [-0.1, -0.05) is 24.3 Å². The van der Waals surface area contributed by atoms with Gasteiger partial charge in [0.15, 0.2) is 0 Å². The van der Waals surface area contributed by atoms with Crippen molar-refractivity contribution in [3.8, 4) is 5.75 Å². The Morgan fingerprint density at radius 2 is 1.75 bits per heavy atom. The van der Waals surface area contributed by atoms with Gasteiger partial charge in [0.2, 0.25) is 17.1 Å². The Bertz CT molecular complexity index is 2010. The van der Waals surface area contributed by atoms with Crippen LogP contribution in [0.25, 0.3) is 10.9 Å². The number of carbonyl (C=O) groups is 2. The molecule has 0 radical (unpaired) electrons. The number of esters is 1. The number of fused-ring (bicyclic) bond motifs is 1. The summed E-state index contributed by atoms with van der Waals surface area (Å²) in [5.74, 6) is -1.65. The van der Waals surface area contributed by atoms with E-state index in [1.165, 1.54) is 46.9 Å². The summed E-state index contributed by atoms with van der Waals surface area (Å²) < 4.78 is 20.8. The number of nitrogens with zero attached hydrogens (tertiary/aromatic N) is 1.